The smallest absolute Gasteiger partial charge is 0.246 e. The molecule has 0 unspecified atom stereocenters. The standard InChI is InChI=1S/C17H14F2N4O2S/c1-24-12-5-2-10(3-6-12)16-22-15(25-23-16)9-20-17(26)21-14-7-4-11(18)8-13(14)19/h2-8H,9H2,1H3,(H2,20,21,26). The predicted octanol–water partition coefficient (Wildman–Crippen LogP) is 3.51. The Morgan fingerprint density at radius 3 is 2.65 bits per heavy atom. The summed E-state index contributed by atoms with van der Waals surface area (Å²) in [6.45, 7) is 0.151. The van der Waals surface area contributed by atoms with Gasteiger partial charge in [-0.2, -0.15) is 4.98 Å². The molecule has 0 aliphatic heterocycles. The molecule has 134 valence electrons. The Morgan fingerprint density at radius 1 is 1.19 bits per heavy atom. The monoisotopic (exact) mass is 376 g/mol. The second-order valence-corrected chi connectivity index (χ2v) is 5.58. The van der Waals surface area contributed by atoms with E-state index in [4.69, 9.17) is 21.5 Å². The van der Waals surface area contributed by atoms with Crippen LogP contribution < -0.4 is 15.4 Å². The first-order valence-corrected chi connectivity index (χ1v) is 7.93. The molecule has 9 heteroatoms. The molecular formula is C17H14F2N4O2S. The molecule has 0 spiro atoms. The van der Waals surface area contributed by atoms with E-state index >= 15 is 0 Å². The van der Waals surface area contributed by atoms with Gasteiger partial charge in [-0.1, -0.05) is 5.16 Å². The molecule has 2 aromatic carbocycles. The van der Waals surface area contributed by atoms with Crippen LogP contribution in [0.2, 0.25) is 0 Å². The van der Waals surface area contributed by atoms with Crippen molar-refractivity contribution < 1.29 is 18.0 Å². The van der Waals surface area contributed by atoms with Crippen molar-refractivity contribution >= 4 is 23.0 Å². The lowest BCUT2D eigenvalue weighted by Gasteiger charge is -2.09. The first-order valence-electron chi connectivity index (χ1n) is 7.52. The van der Waals surface area contributed by atoms with E-state index in [1.807, 2.05) is 12.1 Å². The minimum absolute atomic E-state index is 0.0633. The molecule has 2 N–H and O–H groups in total. The largest absolute Gasteiger partial charge is 0.497 e. The summed E-state index contributed by atoms with van der Waals surface area (Å²) in [6.07, 6.45) is 0. The highest BCUT2D eigenvalue weighted by Gasteiger charge is 2.10. The van der Waals surface area contributed by atoms with Gasteiger partial charge in [-0.05, 0) is 48.6 Å². The van der Waals surface area contributed by atoms with Gasteiger partial charge in [0.2, 0.25) is 11.7 Å². The van der Waals surface area contributed by atoms with Gasteiger partial charge in [-0.3, -0.25) is 0 Å². The van der Waals surface area contributed by atoms with Gasteiger partial charge in [0, 0.05) is 11.6 Å². The molecule has 0 aliphatic carbocycles. The van der Waals surface area contributed by atoms with Crippen LogP contribution in [0.4, 0.5) is 14.5 Å². The maximum Gasteiger partial charge on any atom is 0.246 e. The number of thiocarbonyl (C=S) groups is 1. The highest BCUT2D eigenvalue weighted by molar-refractivity contribution is 7.80. The average molecular weight is 376 g/mol. The number of benzene rings is 2. The van der Waals surface area contributed by atoms with Gasteiger partial charge in [0.05, 0.1) is 19.3 Å². The second kappa shape index (κ2) is 7.87. The van der Waals surface area contributed by atoms with E-state index in [1.54, 1.807) is 19.2 Å². The van der Waals surface area contributed by atoms with Gasteiger partial charge in [-0.15, -0.1) is 0 Å². The number of methoxy groups -OCH3 is 1. The molecule has 3 rings (SSSR count). The van der Waals surface area contributed by atoms with E-state index in [9.17, 15) is 8.78 Å². The maximum absolute atomic E-state index is 13.6. The van der Waals surface area contributed by atoms with Crippen molar-refractivity contribution in [1.29, 1.82) is 0 Å². The number of rotatable bonds is 5. The zero-order valence-corrected chi connectivity index (χ0v) is 14.4. The van der Waals surface area contributed by atoms with Crippen molar-refractivity contribution in [3.05, 3.63) is 60.0 Å². The number of hydrogen-bond donors (Lipinski definition) is 2. The summed E-state index contributed by atoms with van der Waals surface area (Å²) in [6, 6.07) is 10.4. The fourth-order valence-electron chi connectivity index (χ4n) is 2.10. The highest BCUT2D eigenvalue weighted by atomic mass is 32.1. The summed E-state index contributed by atoms with van der Waals surface area (Å²) in [5.74, 6) is 0.0496. The predicted molar refractivity (Wildman–Crippen MR) is 95.7 cm³/mol. The molecule has 0 saturated carbocycles. The van der Waals surface area contributed by atoms with E-state index < -0.39 is 11.6 Å². The Kier molecular flexibility index (Phi) is 5.37. The average Bonchev–Trinajstić information content (AvgIpc) is 3.11. The van der Waals surface area contributed by atoms with Crippen LogP contribution in [0.5, 0.6) is 5.75 Å². The molecule has 0 bridgehead atoms. The first kappa shape index (κ1) is 17.7. The Labute approximate surface area is 153 Å². The SMILES string of the molecule is COc1ccc(-c2noc(CNC(=S)Nc3ccc(F)cc3F)n2)cc1. The van der Waals surface area contributed by atoms with Gasteiger partial charge in [0.25, 0.3) is 0 Å². The Hall–Kier alpha value is -3.07. The summed E-state index contributed by atoms with van der Waals surface area (Å²) in [5.41, 5.74) is 0.836. The molecular weight excluding hydrogens is 362 g/mol. The lowest BCUT2D eigenvalue weighted by Crippen LogP contribution is -2.28. The maximum atomic E-state index is 13.6. The second-order valence-electron chi connectivity index (χ2n) is 5.17. The van der Waals surface area contributed by atoms with Crippen LogP contribution in [0.1, 0.15) is 5.89 Å². The molecule has 0 amide bonds. The Balaban J connectivity index is 1.58. The Bertz CT molecular complexity index is 915. The minimum atomic E-state index is -0.742. The van der Waals surface area contributed by atoms with Crippen molar-refractivity contribution in [2.24, 2.45) is 0 Å². The third-order valence-corrected chi connectivity index (χ3v) is 3.64. The van der Waals surface area contributed by atoms with Crippen LogP contribution in [-0.2, 0) is 6.54 Å². The van der Waals surface area contributed by atoms with Crippen LogP contribution in [0.15, 0.2) is 47.0 Å². The van der Waals surface area contributed by atoms with E-state index in [0.717, 1.165) is 23.4 Å². The summed E-state index contributed by atoms with van der Waals surface area (Å²) in [4.78, 5) is 4.25. The molecule has 1 aromatic heterocycles. The van der Waals surface area contributed by atoms with Crippen molar-refractivity contribution in [3.8, 4) is 17.1 Å². The highest BCUT2D eigenvalue weighted by Crippen LogP contribution is 2.19. The van der Waals surface area contributed by atoms with Gasteiger partial charge in [0.1, 0.15) is 17.4 Å². The topological polar surface area (TPSA) is 72.2 Å². The van der Waals surface area contributed by atoms with E-state index in [-0.39, 0.29) is 17.3 Å². The Morgan fingerprint density at radius 2 is 1.96 bits per heavy atom. The third-order valence-electron chi connectivity index (χ3n) is 3.40. The minimum Gasteiger partial charge on any atom is -0.497 e. The van der Waals surface area contributed by atoms with Gasteiger partial charge in [-0.25, -0.2) is 8.78 Å². The van der Waals surface area contributed by atoms with Crippen molar-refractivity contribution in [2.45, 2.75) is 6.54 Å². The molecule has 0 saturated heterocycles. The molecule has 0 radical (unpaired) electrons. The van der Waals surface area contributed by atoms with E-state index in [1.165, 1.54) is 6.07 Å². The fourth-order valence-corrected chi connectivity index (χ4v) is 2.28. The molecule has 0 aliphatic rings. The summed E-state index contributed by atoms with van der Waals surface area (Å²) >= 11 is 5.07. The first-order chi connectivity index (χ1) is 12.5. The van der Waals surface area contributed by atoms with Crippen LogP contribution >= 0.6 is 12.2 Å². The number of nitrogens with one attached hydrogen (secondary N) is 2. The number of ether oxygens (including phenoxy) is 1. The summed E-state index contributed by atoms with van der Waals surface area (Å²) in [5, 5.41) is 9.48. The molecule has 6 nitrogen and oxygen atoms in total. The number of aromatic nitrogens is 2. The number of hydrogen-bond acceptors (Lipinski definition) is 5. The zero-order valence-electron chi connectivity index (χ0n) is 13.6. The molecule has 3 aromatic rings. The molecule has 26 heavy (non-hydrogen) atoms. The summed E-state index contributed by atoms with van der Waals surface area (Å²) in [7, 11) is 1.59. The zero-order chi connectivity index (χ0) is 18.5. The molecule has 1 heterocycles. The lowest BCUT2D eigenvalue weighted by atomic mass is 10.2. The third kappa shape index (κ3) is 4.31. The van der Waals surface area contributed by atoms with Crippen LogP contribution in [0, 0.1) is 11.6 Å². The van der Waals surface area contributed by atoms with E-state index in [2.05, 4.69) is 20.8 Å². The normalized spacial score (nSPS) is 10.4. The number of anilines is 1. The fraction of sp³-hybridized carbons (Fsp3) is 0.118. The van der Waals surface area contributed by atoms with Gasteiger partial charge >= 0.3 is 0 Å². The molecule has 0 atom stereocenters. The summed E-state index contributed by atoms with van der Waals surface area (Å²) < 4.78 is 36.7. The van der Waals surface area contributed by atoms with Crippen LogP contribution in [-0.4, -0.2) is 22.4 Å². The number of nitrogens with zero attached hydrogens (tertiary/aromatic N) is 2. The lowest BCUT2D eigenvalue weighted by molar-refractivity contribution is 0.376. The molecule has 0 fully saturated rings. The van der Waals surface area contributed by atoms with E-state index in [0.29, 0.717) is 11.7 Å². The van der Waals surface area contributed by atoms with Crippen molar-refractivity contribution in [3.63, 3.8) is 0 Å². The van der Waals surface area contributed by atoms with Gasteiger partial charge < -0.3 is 19.9 Å². The van der Waals surface area contributed by atoms with Crippen molar-refractivity contribution in [2.75, 3.05) is 12.4 Å². The quantitative estimate of drug-likeness (QED) is 0.660. The van der Waals surface area contributed by atoms with Crippen LogP contribution in [0.25, 0.3) is 11.4 Å². The van der Waals surface area contributed by atoms with Crippen LogP contribution in [0.3, 0.4) is 0 Å². The van der Waals surface area contributed by atoms with Gasteiger partial charge in [0.15, 0.2) is 5.11 Å². The number of halogens is 2. The van der Waals surface area contributed by atoms with Crippen molar-refractivity contribution in [1.82, 2.24) is 15.5 Å².